The first-order valence-corrected chi connectivity index (χ1v) is 7.97. The van der Waals surface area contributed by atoms with Gasteiger partial charge in [0.05, 0.1) is 5.56 Å². The van der Waals surface area contributed by atoms with Crippen molar-refractivity contribution in [2.24, 2.45) is 0 Å². The van der Waals surface area contributed by atoms with Crippen molar-refractivity contribution in [2.75, 3.05) is 0 Å². The number of aryl methyl sites for hydroxylation is 1. The minimum atomic E-state index is -0.207. The van der Waals surface area contributed by atoms with Gasteiger partial charge in [0.25, 0.3) is 0 Å². The number of aromatic hydroxyl groups is 1. The standard InChI is InChI=1S/C19H19NO3/c1-10(21)14-16-18(23-9-20-16)15-11-5-4-8-19(2,3)13(11)7-6-12(15)17(14)22/h6-7,9,22H,4-5,8H2,1-3H3. The molecule has 0 atom stereocenters. The molecular formula is C19H19NO3. The minimum Gasteiger partial charge on any atom is -0.506 e. The van der Waals surface area contributed by atoms with Crippen LogP contribution in [0.1, 0.15) is 55.1 Å². The van der Waals surface area contributed by atoms with E-state index >= 15 is 0 Å². The van der Waals surface area contributed by atoms with E-state index in [1.54, 1.807) is 0 Å². The fourth-order valence-corrected chi connectivity index (χ4v) is 4.02. The number of carbonyl (C=O) groups is 1. The second-order valence-electron chi connectivity index (χ2n) is 7.06. The second kappa shape index (κ2) is 4.57. The highest BCUT2D eigenvalue weighted by Gasteiger charge is 2.31. The third-order valence-electron chi connectivity index (χ3n) is 5.15. The van der Waals surface area contributed by atoms with Crippen molar-refractivity contribution in [1.82, 2.24) is 4.98 Å². The predicted octanol–water partition coefficient (Wildman–Crippen LogP) is 4.50. The fourth-order valence-electron chi connectivity index (χ4n) is 4.02. The van der Waals surface area contributed by atoms with Crippen molar-refractivity contribution in [3.8, 4) is 5.75 Å². The Kier molecular flexibility index (Phi) is 2.83. The second-order valence-corrected chi connectivity index (χ2v) is 7.06. The van der Waals surface area contributed by atoms with Gasteiger partial charge < -0.3 is 9.52 Å². The molecule has 4 heteroatoms. The molecule has 1 aliphatic carbocycles. The molecule has 0 radical (unpaired) electrons. The van der Waals surface area contributed by atoms with Crippen LogP contribution in [0.2, 0.25) is 0 Å². The number of phenols is 1. The van der Waals surface area contributed by atoms with E-state index < -0.39 is 0 Å². The quantitative estimate of drug-likeness (QED) is 0.672. The predicted molar refractivity (Wildman–Crippen MR) is 89.1 cm³/mol. The molecule has 0 spiro atoms. The van der Waals surface area contributed by atoms with E-state index in [0.717, 1.165) is 24.6 Å². The fraction of sp³-hybridized carbons (Fsp3) is 0.368. The number of hydrogen-bond acceptors (Lipinski definition) is 4. The van der Waals surface area contributed by atoms with Crippen LogP contribution in [0.15, 0.2) is 22.9 Å². The van der Waals surface area contributed by atoms with Gasteiger partial charge in [0.15, 0.2) is 17.8 Å². The molecule has 1 heterocycles. The number of oxazole rings is 1. The van der Waals surface area contributed by atoms with Crippen LogP contribution in [-0.4, -0.2) is 15.9 Å². The number of hydrogen-bond donors (Lipinski definition) is 1. The molecule has 23 heavy (non-hydrogen) atoms. The Labute approximate surface area is 134 Å². The lowest BCUT2D eigenvalue weighted by atomic mass is 9.71. The van der Waals surface area contributed by atoms with Crippen LogP contribution in [0, 0.1) is 0 Å². The Hall–Kier alpha value is -2.36. The highest BCUT2D eigenvalue weighted by Crippen LogP contribution is 2.45. The molecule has 1 aromatic heterocycles. The molecule has 0 unspecified atom stereocenters. The summed E-state index contributed by atoms with van der Waals surface area (Å²) in [6.45, 7) is 5.94. The summed E-state index contributed by atoms with van der Waals surface area (Å²) in [4.78, 5) is 16.2. The van der Waals surface area contributed by atoms with Crippen molar-refractivity contribution in [1.29, 1.82) is 0 Å². The first-order chi connectivity index (χ1) is 10.9. The van der Waals surface area contributed by atoms with Crippen LogP contribution in [0.25, 0.3) is 21.9 Å². The molecule has 0 aliphatic heterocycles. The number of ketones is 1. The van der Waals surface area contributed by atoms with Crippen LogP contribution >= 0.6 is 0 Å². The highest BCUT2D eigenvalue weighted by atomic mass is 16.3. The Balaban J connectivity index is 2.23. The number of phenolic OH excluding ortho intramolecular Hbond substituents is 1. The number of carbonyl (C=O) groups excluding carboxylic acids is 1. The van der Waals surface area contributed by atoms with Gasteiger partial charge in [0.1, 0.15) is 11.3 Å². The average Bonchev–Trinajstić information content (AvgIpc) is 2.95. The molecule has 0 fully saturated rings. The summed E-state index contributed by atoms with van der Waals surface area (Å²) in [5, 5.41) is 12.2. The third kappa shape index (κ3) is 1.84. The van der Waals surface area contributed by atoms with Gasteiger partial charge in [0, 0.05) is 10.8 Å². The minimum absolute atomic E-state index is 0.0140. The summed E-state index contributed by atoms with van der Waals surface area (Å²) < 4.78 is 5.64. The van der Waals surface area contributed by atoms with Crippen LogP contribution in [0.4, 0.5) is 0 Å². The van der Waals surface area contributed by atoms with Crippen LogP contribution < -0.4 is 0 Å². The monoisotopic (exact) mass is 309 g/mol. The summed E-state index contributed by atoms with van der Waals surface area (Å²) >= 11 is 0. The molecular weight excluding hydrogens is 290 g/mol. The van der Waals surface area contributed by atoms with Crippen molar-refractivity contribution >= 4 is 27.7 Å². The average molecular weight is 309 g/mol. The van der Waals surface area contributed by atoms with Gasteiger partial charge in [-0.1, -0.05) is 26.0 Å². The van der Waals surface area contributed by atoms with Gasteiger partial charge in [-0.2, -0.15) is 0 Å². The van der Waals surface area contributed by atoms with Crippen LogP contribution in [0.3, 0.4) is 0 Å². The zero-order valence-electron chi connectivity index (χ0n) is 13.6. The SMILES string of the molecule is CC(=O)c1c(O)c2ccc3c(c2c2ocnc12)CCCC3(C)C. The number of fused-ring (bicyclic) bond motifs is 5. The number of nitrogens with zero attached hydrogens (tertiary/aromatic N) is 1. The first kappa shape index (κ1) is 14.2. The van der Waals surface area contributed by atoms with E-state index in [1.165, 1.54) is 24.4 Å². The maximum absolute atomic E-state index is 12.0. The molecule has 1 aliphatic rings. The number of benzene rings is 2. The van der Waals surface area contributed by atoms with E-state index in [2.05, 4.69) is 24.9 Å². The Morgan fingerprint density at radius 1 is 1.35 bits per heavy atom. The molecule has 0 saturated heterocycles. The molecule has 2 aromatic carbocycles. The van der Waals surface area contributed by atoms with Gasteiger partial charge in [-0.25, -0.2) is 4.98 Å². The summed E-state index contributed by atoms with van der Waals surface area (Å²) in [5.74, 6) is -0.193. The van der Waals surface area contributed by atoms with Crippen molar-refractivity contribution < 1.29 is 14.3 Å². The number of aromatic nitrogens is 1. The van der Waals surface area contributed by atoms with Gasteiger partial charge in [0.2, 0.25) is 0 Å². The maximum atomic E-state index is 12.0. The zero-order valence-corrected chi connectivity index (χ0v) is 13.6. The van der Waals surface area contributed by atoms with E-state index in [1.807, 2.05) is 6.07 Å². The van der Waals surface area contributed by atoms with E-state index in [0.29, 0.717) is 16.5 Å². The van der Waals surface area contributed by atoms with Crippen LogP contribution in [0.5, 0.6) is 5.75 Å². The largest absolute Gasteiger partial charge is 0.506 e. The zero-order chi connectivity index (χ0) is 16.4. The third-order valence-corrected chi connectivity index (χ3v) is 5.15. The van der Waals surface area contributed by atoms with E-state index in [9.17, 15) is 9.90 Å². The molecule has 4 nitrogen and oxygen atoms in total. The summed E-state index contributed by atoms with van der Waals surface area (Å²) in [6, 6.07) is 3.99. The first-order valence-electron chi connectivity index (χ1n) is 7.97. The molecule has 118 valence electrons. The molecule has 3 aromatic rings. The summed E-state index contributed by atoms with van der Waals surface area (Å²) in [7, 11) is 0. The number of rotatable bonds is 1. The maximum Gasteiger partial charge on any atom is 0.182 e. The Morgan fingerprint density at radius 3 is 2.87 bits per heavy atom. The van der Waals surface area contributed by atoms with Gasteiger partial charge in [-0.15, -0.1) is 0 Å². The molecule has 0 amide bonds. The Morgan fingerprint density at radius 2 is 2.13 bits per heavy atom. The van der Waals surface area contributed by atoms with Gasteiger partial charge >= 0.3 is 0 Å². The van der Waals surface area contributed by atoms with Crippen molar-refractivity contribution in [3.05, 3.63) is 35.2 Å². The summed E-state index contributed by atoms with van der Waals surface area (Å²) in [6.07, 6.45) is 4.54. The highest BCUT2D eigenvalue weighted by molar-refractivity contribution is 6.18. The van der Waals surface area contributed by atoms with Crippen molar-refractivity contribution in [2.45, 2.75) is 45.4 Å². The Bertz CT molecular complexity index is 966. The van der Waals surface area contributed by atoms with E-state index in [-0.39, 0.29) is 22.5 Å². The van der Waals surface area contributed by atoms with Gasteiger partial charge in [-0.05, 0) is 42.7 Å². The number of Topliss-reactive ketones (excluding diaryl/α,β-unsaturated/α-hetero) is 1. The van der Waals surface area contributed by atoms with E-state index in [4.69, 9.17) is 4.42 Å². The van der Waals surface area contributed by atoms with Crippen molar-refractivity contribution in [3.63, 3.8) is 0 Å². The topological polar surface area (TPSA) is 63.3 Å². The van der Waals surface area contributed by atoms with Crippen LogP contribution in [-0.2, 0) is 11.8 Å². The lowest BCUT2D eigenvalue weighted by molar-refractivity contribution is 0.101. The molecule has 0 bridgehead atoms. The summed E-state index contributed by atoms with van der Waals surface area (Å²) in [5.41, 5.74) is 3.92. The lowest BCUT2D eigenvalue weighted by Crippen LogP contribution is -2.23. The lowest BCUT2D eigenvalue weighted by Gasteiger charge is -2.33. The molecule has 0 saturated carbocycles. The molecule has 4 rings (SSSR count). The van der Waals surface area contributed by atoms with Gasteiger partial charge in [-0.3, -0.25) is 4.79 Å². The molecule has 1 N–H and O–H groups in total. The normalized spacial score (nSPS) is 16.7. The smallest absolute Gasteiger partial charge is 0.182 e.